The number of nitrogens with zero attached hydrogens (tertiary/aromatic N) is 1. The van der Waals surface area contributed by atoms with Crippen LogP contribution in [0.3, 0.4) is 0 Å². The van der Waals surface area contributed by atoms with Gasteiger partial charge in [0.15, 0.2) is 11.5 Å². The van der Waals surface area contributed by atoms with E-state index in [1.54, 1.807) is 18.2 Å². The Balaban J connectivity index is 1.70. The molecule has 2 aromatic carbocycles. The van der Waals surface area contributed by atoms with E-state index >= 15 is 0 Å². The summed E-state index contributed by atoms with van der Waals surface area (Å²) in [6, 6.07) is 9.06. The smallest absolute Gasteiger partial charge is 0.293 e. The van der Waals surface area contributed by atoms with Gasteiger partial charge in [0.25, 0.3) is 11.1 Å². The van der Waals surface area contributed by atoms with E-state index in [1.807, 2.05) is 6.92 Å². The molecule has 0 bridgehead atoms. The number of thioether (sulfide) groups is 1. The molecular weight excluding hydrogens is 477 g/mol. The fourth-order valence-electron chi connectivity index (χ4n) is 2.74. The maximum atomic E-state index is 12.9. The topological polar surface area (TPSA) is 65.1 Å². The van der Waals surface area contributed by atoms with Gasteiger partial charge in [0, 0.05) is 0 Å². The molecule has 2 aromatic rings. The van der Waals surface area contributed by atoms with Gasteiger partial charge in [0.05, 0.1) is 29.6 Å². The minimum absolute atomic E-state index is 0.0929. The van der Waals surface area contributed by atoms with Gasteiger partial charge in [0.1, 0.15) is 18.2 Å². The van der Waals surface area contributed by atoms with Gasteiger partial charge in [-0.2, -0.15) is 0 Å². The van der Waals surface area contributed by atoms with Crippen LogP contribution in [0.5, 0.6) is 17.2 Å². The first-order valence-corrected chi connectivity index (χ1v) is 10.7. The number of carbonyl (C=O) groups excluding carboxylic acids is 2. The van der Waals surface area contributed by atoms with Crippen molar-refractivity contribution in [3.05, 3.63) is 57.2 Å². The largest absolute Gasteiger partial charge is 0.493 e. The van der Waals surface area contributed by atoms with E-state index in [4.69, 9.17) is 14.2 Å². The molecule has 1 fully saturated rings. The summed E-state index contributed by atoms with van der Waals surface area (Å²) in [5.74, 6) is 0.797. The average Bonchev–Trinajstić information content (AvgIpc) is 2.98. The molecule has 9 heteroatoms. The Kier molecular flexibility index (Phi) is 7.38. The van der Waals surface area contributed by atoms with Crippen LogP contribution in [0.2, 0.25) is 0 Å². The van der Waals surface area contributed by atoms with Crippen molar-refractivity contribution in [1.82, 2.24) is 4.90 Å². The Hall–Kier alpha value is -2.52. The number of halogens is 2. The minimum atomic E-state index is -0.392. The van der Waals surface area contributed by atoms with Crippen LogP contribution < -0.4 is 14.2 Å². The van der Waals surface area contributed by atoms with Gasteiger partial charge >= 0.3 is 0 Å². The molecule has 0 N–H and O–H groups in total. The fourth-order valence-corrected chi connectivity index (χ4v) is 4.18. The van der Waals surface area contributed by atoms with Crippen LogP contribution in [0.25, 0.3) is 6.08 Å². The second-order valence-corrected chi connectivity index (χ2v) is 7.95. The summed E-state index contributed by atoms with van der Waals surface area (Å²) in [4.78, 5) is 26.4. The predicted octanol–water partition coefficient (Wildman–Crippen LogP) is 5.11. The Morgan fingerprint density at radius 1 is 1.17 bits per heavy atom. The van der Waals surface area contributed by atoms with E-state index in [-0.39, 0.29) is 24.2 Å². The van der Waals surface area contributed by atoms with E-state index < -0.39 is 5.91 Å². The van der Waals surface area contributed by atoms with Crippen molar-refractivity contribution in [3.8, 4) is 17.2 Å². The molecule has 1 saturated heterocycles. The summed E-state index contributed by atoms with van der Waals surface area (Å²) >= 11 is 4.31. The Labute approximate surface area is 186 Å². The molecule has 1 heterocycles. The highest BCUT2D eigenvalue weighted by atomic mass is 79.9. The van der Waals surface area contributed by atoms with Gasteiger partial charge in [-0.15, -0.1) is 0 Å². The van der Waals surface area contributed by atoms with Gasteiger partial charge in [-0.25, -0.2) is 4.39 Å². The SMILES string of the molecule is CCOc1c(Br)cc(/C=C2\SC(=O)N(CCOc3ccc(F)cc3)C2=O)cc1OC. The lowest BCUT2D eigenvalue weighted by Gasteiger charge is -2.13. The third kappa shape index (κ3) is 5.14. The molecule has 0 unspecified atom stereocenters. The summed E-state index contributed by atoms with van der Waals surface area (Å²) in [6.07, 6.45) is 1.63. The molecule has 0 aliphatic carbocycles. The Morgan fingerprint density at radius 2 is 1.90 bits per heavy atom. The monoisotopic (exact) mass is 495 g/mol. The van der Waals surface area contributed by atoms with Crippen LogP contribution in [-0.4, -0.2) is 42.9 Å². The molecule has 0 radical (unpaired) electrons. The summed E-state index contributed by atoms with van der Waals surface area (Å²) < 4.78 is 30.0. The molecule has 2 amide bonds. The zero-order valence-electron chi connectivity index (χ0n) is 16.3. The average molecular weight is 496 g/mol. The fraction of sp³-hybridized carbons (Fsp3) is 0.238. The molecule has 0 aromatic heterocycles. The van der Waals surface area contributed by atoms with Gasteiger partial charge in [-0.3, -0.25) is 14.5 Å². The molecule has 0 atom stereocenters. The molecule has 0 saturated carbocycles. The van der Waals surface area contributed by atoms with E-state index in [0.29, 0.717) is 38.8 Å². The van der Waals surface area contributed by atoms with Crippen molar-refractivity contribution < 1.29 is 28.2 Å². The van der Waals surface area contributed by atoms with Gasteiger partial charge in [0.2, 0.25) is 0 Å². The van der Waals surface area contributed by atoms with E-state index in [9.17, 15) is 14.0 Å². The normalized spacial score (nSPS) is 15.1. The van der Waals surface area contributed by atoms with E-state index in [2.05, 4.69) is 15.9 Å². The number of hydrogen-bond donors (Lipinski definition) is 0. The molecule has 3 rings (SSSR count). The molecule has 158 valence electrons. The van der Waals surface area contributed by atoms with Crippen LogP contribution in [-0.2, 0) is 4.79 Å². The first kappa shape index (κ1) is 22.2. The number of hydrogen-bond acceptors (Lipinski definition) is 6. The van der Waals surface area contributed by atoms with Crippen molar-refractivity contribution in [2.45, 2.75) is 6.92 Å². The second-order valence-electron chi connectivity index (χ2n) is 6.10. The highest BCUT2D eigenvalue weighted by molar-refractivity contribution is 9.10. The minimum Gasteiger partial charge on any atom is -0.493 e. The molecule has 1 aliphatic heterocycles. The van der Waals surface area contributed by atoms with E-state index in [0.717, 1.165) is 16.7 Å². The summed E-state index contributed by atoms with van der Waals surface area (Å²) in [7, 11) is 1.53. The summed E-state index contributed by atoms with van der Waals surface area (Å²) in [5, 5.41) is -0.370. The number of rotatable bonds is 8. The van der Waals surface area contributed by atoms with E-state index in [1.165, 1.54) is 31.4 Å². The number of methoxy groups -OCH3 is 1. The summed E-state index contributed by atoms with van der Waals surface area (Å²) in [5.41, 5.74) is 0.690. The maximum Gasteiger partial charge on any atom is 0.293 e. The molecule has 30 heavy (non-hydrogen) atoms. The molecule has 0 spiro atoms. The first-order chi connectivity index (χ1) is 14.4. The van der Waals surface area contributed by atoms with Crippen molar-refractivity contribution in [1.29, 1.82) is 0 Å². The summed E-state index contributed by atoms with van der Waals surface area (Å²) in [6.45, 7) is 2.55. The van der Waals surface area contributed by atoms with Gasteiger partial charge < -0.3 is 14.2 Å². The van der Waals surface area contributed by atoms with Crippen molar-refractivity contribution >= 4 is 44.9 Å². The quantitative estimate of drug-likeness (QED) is 0.474. The highest BCUT2D eigenvalue weighted by Gasteiger charge is 2.34. The molecule has 1 aliphatic rings. The zero-order valence-corrected chi connectivity index (χ0v) is 18.7. The van der Waals surface area contributed by atoms with Crippen LogP contribution in [0, 0.1) is 5.82 Å². The van der Waals surface area contributed by atoms with Crippen LogP contribution in [0.1, 0.15) is 12.5 Å². The van der Waals surface area contributed by atoms with Crippen molar-refractivity contribution in [2.24, 2.45) is 0 Å². The third-order valence-corrected chi connectivity index (χ3v) is 5.61. The van der Waals surface area contributed by atoms with Crippen molar-refractivity contribution in [2.75, 3.05) is 26.9 Å². The lowest BCUT2D eigenvalue weighted by atomic mass is 10.2. The predicted molar refractivity (Wildman–Crippen MR) is 116 cm³/mol. The maximum absolute atomic E-state index is 12.9. The number of carbonyl (C=O) groups is 2. The number of benzene rings is 2. The Bertz CT molecular complexity index is 980. The van der Waals surface area contributed by atoms with Crippen LogP contribution >= 0.6 is 27.7 Å². The van der Waals surface area contributed by atoms with Gasteiger partial charge in [-0.1, -0.05) is 0 Å². The molecular formula is C21H19BrFNO5S. The third-order valence-electron chi connectivity index (χ3n) is 4.11. The highest BCUT2D eigenvalue weighted by Crippen LogP contribution is 2.39. The first-order valence-electron chi connectivity index (χ1n) is 9.07. The number of imide groups is 1. The number of amides is 2. The van der Waals surface area contributed by atoms with Crippen LogP contribution in [0.15, 0.2) is 45.8 Å². The number of ether oxygens (including phenoxy) is 3. The van der Waals surface area contributed by atoms with Gasteiger partial charge in [-0.05, 0) is 82.7 Å². The lowest BCUT2D eigenvalue weighted by molar-refractivity contribution is -0.123. The molecule has 6 nitrogen and oxygen atoms in total. The lowest BCUT2D eigenvalue weighted by Crippen LogP contribution is -2.32. The van der Waals surface area contributed by atoms with Crippen LogP contribution in [0.4, 0.5) is 9.18 Å². The van der Waals surface area contributed by atoms with Crippen molar-refractivity contribution in [3.63, 3.8) is 0 Å². The zero-order chi connectivity index (χ0) is 21.7. The Morgan fingerprint density at radius 3 is 2.57 bits per heavy atom. The second kappa shape index (κ2) is 9.99. The standard InChI is InChI=1S/C21H19BrFNO5S/c1-3-28-19-16(22)10-13(11-17(19)27-2)12-18-20(25)24(21(26)30-18)8-9-29-15-6-4-14(23)5-7-15/h4-7,10-12H,3,8-9H2,1-2H3/b18-12-.